The first-order valence-electron chi connectivity index (χ1n) is 10.00. The molecular weight excluding hydrogens is 486 g/mol. The normalized spacial score (nSPS) is 16.6. The molecule has 0 rings (SSSR count). The number of aliphatic hydroxyl groups excluding tert-OH is 1. The maximum Gasteiger partial charge on any atom is 0.395 e. The van der Waals surface area contributed by atoms with E-state index in [4.69, 9.17) is 18.9 Å². The van der Waals surface area contributed by atoms with Crippen LogP contribution >= 0.6 is 0 Å². The Labute approximate surface area is 191 Å². The molecule has 0 unspecified atom stereocenters. The van der Waals surface area contributed by atoms with E-state index in [2.05, 4.69) is 4.18 Å². The van der Waals surface area contributed by atoms with Gasteiger partial charge in [0.1, 0.15) is 12.7 Å². The zero-order valence-corrected chi connectivity index (χ0v) is 23.6. The van der Waals surface area contributed by atoms with Gasteiger partial charge in [0, 0.05) is 0 Å². The van der Waals surface area contributed by atoms with Gasteiger partial charge in [-0.2, -0.15) is 17.2 Å². The van der Waals surface area contributed by atoms with Crippen molar-refractivity contribution in [2.45, 2.75) is 95.9 Å². The number of halogens is 2. The number of hydrogen-bond donors (Lipinski definition) is 1. The van der Waals surface area contributed by atoms with Gasteiger partial charge in [-0.1, -0.05) is 41.5 Å². The van der Waals surface area contributed by atoms with Crippen LogP contribution in [0.1, 0.15) is 41.5 Å². The standard InChI is InChI=1S/C18H38F2O9SSi2/c1-16(2,3)31(8,9)28-25-12-13(21)14(26-29-32(10,11)17(4,5)6)18(19,20)15(22)27-30(7,23)24/h13-14,21H,12H2,1-11H3/t13-,14-/m1/s1. The average Bonchev–Trinajstić information content (AvgIpc) is 2.50. The number of alkyl halides is 2. The average molecular weight is 525 g/mol. The fourth-order valence-electron chi connectivity index (χ4n) is 1.44. The van der Waals surface area contributed by atoms with Crippen LogP contribution in [-0.2, 0) is 38.0 Å². The van der Waals surface area contributed by atoms with Crippen molar-refractivity contribution in [3.63, 3.8) is 0 Å². The quantitative estimate of drug-likeness (QED) is 0.186. The maximum absolute atomic E-state index is 14.8. The molecule has 0 spiro atoms. The highest BCUT2D eigenvalue weighted by Crippen LogP contribution is 2.39. The van der Waals surface area contributed by atoms with Crippen LogP contribution in [0.3, 0.4) is 0 Å². The third-order valence-corrected chi connectivity index (χ3v) is 14.4. The molecule has 32 heavy (non-hydrogen) atoms. The topological polar surface area (TPSA) is 118 Å². The third kappa shape index (κ3) is 9.04. The largest absolute Gasteiger partial charge is 0.395 e. The molecule has 14 heteroatoms. The van der Waals surface area contributed by atoms with Gasteiger partial charge in [0.15, 0.2) is 6.10 Å². The Morgan fingerprint density at radius 3 is 1.72 bits per heavy atom. The van der Waals surface area contributed by atoms with E-state index >= 15 is 0 Å². The molecular formula is C18H38F2O9SSi2. The highest BCUT2D eigenvalue weighted by atomic mass is 32.2. The minimum atomic E-state index is -4.58. The molecule has 1 N–H and O–H groups in total. The number of carbonyl (C=O) groups excluding carboxylic acids is 1. The third-order valence-electron chi connectivity index (χ3n) is 5.68. The van der Waals surface area contributed by atoms with Crippen molar-refractivity contribution in [3.8, 4) is 0 Å². The predicted octanol–water partition coefficient (Wildman–Crippen LogP) is 3.76. The number of carbonyl (C=O) groups is 1. The van der Waals surface area contributed by atoms with Crippen molar-refractivity contribution in [2.24, 2.45) is 0 Å². The minimum Gasteiger partial charge on any atom is -0.387 e. The molecule has 0 fully saturated rings. The van der Waals surface area contributed by atoms with Gasteiger partial charge in [-0.25, -0.2) is 14.6 Å². The SMILES string of the molecule is CC(C)(C)[Si](C)(C)OOC[C@@H](O)[C@@H](OO[Si](C)(C)C(C)(C)C)C(F)(F)C(=O)OS(C)(=O)=O. The van der Waals surface area contributed by atoms with Crippen molar-refractivity contribution in [2.75, 3.05) is 12.9 Å². The number of hydrogen-bond acceptors (Lipinski definition) is 9. The summed E-state index contributed by atoms with van der Waals surface area (Å²) in [6.07, 6.45) is -4.30. The smallest absolute Gasteiger partial charge is 0.387 e. The molecule has 0 saturated heterocycles. The van der Waals surface area contributed by atoms with Gasteiger partial charge in [-0.3, -0.25) is 9.15 Å². The molecule has 192 valence electrons. The van der Waals surface area contributed by atoms with Crippen LogP contribution in [0.25, 0.3) is 0 Å². The van der Waals surface area contributed by atoms with E-state index in [0.717, 1.165) is 0 Å². The summed E-state index contributed by atoms with van der Waals surface area (Å²) in [5.41, 5.74) is 0. The Bertz CT molecular complexity index is 745. The Kier molecular flexibility index (Phi) is 10.3. The summed E-state index contributed by atoms with van der Waals surface area (Å²) in [7, 11) is -9.73. The molecule has 0 aliphatic carbocycles. The van der Waals surface area contributed by atoms with Gasteiger partial charge in [-0.05, 0) is 36.3 Å². The van der Waals surface area contributed by atoms with Crippen LogP contribution in [0.2, 0.25) is 36.3 Å². The van der Waals surface area contributed by atoms with Crippen LogP contribution in [-0.4, -0.2) is 67.1 Å². The second-order valence-electron chi connectivity index (χ2n) is 10.8. The van der Waals surface area contributed by atoms with Gasteiger partial charge < -0.3 is 9.29 Å². The molecule has 0 radical (unpaired) electrons. The first-order chi connectivity index (χ1) is 13.9. The molecule has 0 aliphatic rings. The van der Waals surface area contributed by atoms with Gasteiger partial charge in [-0.15, -0.1) is 0 Å². The van der Waals surface area contributed by atoms with E-state index in [9.17, 15) is 27.1 Å². The van der Waals surface area contributed by atoms with Crippen LogP contribution in [0, 0.1) is 0 Å². The van der Waals surface area contributed by atoms with Crippen molar-refractivity contribution < 1.29 is 50.2 Å². The summed E-state index contributed by atoms with van der Waals surface area (Å²) in [4.78, 5) is 21.8. The van der Waals surface area contributed by atoms with Crippen LogP contribution in [0.5, 0.6) is 0 Å². The minimum absolute atomic E-state index is 0.261. The summed E-state index contributed by atoms with van der Waals surface area (Å²) < 4.78 is 66.5. The van der Waals surface area contributed by atoms with Crippen molar-refractivity contribution in [3.05, 3.63) is 0 Å². The van der Waals surface area contributed by atoms with Crippen LogP contribution < -0.4 is 0 Å². The summed E-state index contributed by atoms with van der Waals surface area (Å²) in [6.45, 7) is 17.5. The molecule has 0 amide bonds. The van der Waals surface area contributed by atoms with E-state index in [1.165, 1.54) is 0 Å². The molecule has 0 aliphatic heterocycles. The second kappa shape index (κ2) is 10.4. The Hall–Kier alpha value is -0.486. The first-order valence-corrected chi connectivity index (χ1v) is 17.6. The summed E-state index contributed by atoms with van der Waals surface area (Å²) in [5, 5.41) is 9.66. The highest BCUT2D eigenvalue weighted by molar-refractivity contribution is 7.86. The molecule has 9 nitrogen and oxygen atoms in total. The van der Waals surface area contributed by atoms with Gasteiger partial charge in [0.2, 0.25) is 16.6 Å². The molecule has 0 bridgehead atoms. The number of rotatable bonds is 11. The van der Waals surface area contributed by atoms with Gasteiger partial charge in [0.25, 0.3) is 0 Å². The van der Waals surface area contributed by atoms with Crippen LogP contribution in [0.4, 0.5) is 8.78 Å². The van der Waals surface area contributed by atoms with Gasteiger partial charge in [0.05, 0.1) is 6.26 Å². The summed E-state index contributed by atoms with van der Waals surface area (Å²) in [6, 6.07) is 0. The Morgan fingerprint density at radius 1 is 0.938 bits per heavy atom. The predicted molar refractivity (Wildman–Crippen MR) is 119 cm³/mol. The summed E-state index contributed by atoms with van der Waals surface area (Å²) in [5.74, 6) is -6.99. The molecule has 2 atom stereocenters. The lowest BCUT2D eigenvalue weighted by Gasteiger charge is -2.37. The molecule has 0 heterocycles. The fraction of sp³-hybridized carbons (Fsp3) is 0.944. The number of aliphatic hydroxyl groups is 1. The molecule has 0 aromatic heterocycles. The lowest BCUT2D eigenvalue weighted by Crippen LogP contribution is -2.54. The van der Waals surface area contributed by atoms with E-state index in [-0.39, 0.29) is 5.04 Å². The highest BCUT2D eigenvalue weighted by Gasteiger charge is 2.56. The van der Waals surface area contributed by atoms with E-state index in [1.54, 1.807) is 13.1 Å². The second-order valence-corrected chi connectivity index (χ2v) is 21.7. The van der Waals surface area contributed by atoms with Gasteiger partial charge >= 0.3 is 22.0 Å². The lowest BCUT2D eigenvalue weighted by atomic mass is 10.1. The Balaban J connectivity index is 5.69. The first kappa shape index (κ1) is 31.5. The zero-order valence-electron chi connectivity index (χ0n) is 20.7. The van der Waals surface area contributed by atoms with Crippen LogP contribution in [0.15, 0.2) is 0 Å². The van der Waals surface area contributed by atoms with E-state index in [0.29, 0.717) is 6.26 Å². The lowest BCUT2D eigenvalue weighted by molar-refractivity contribution is -0.335. The monoisotopic (exact) mass is 524 g/mol. The zero-order chi connectivity index (χ0) is 26.0. The van der Waals surface area contributed by atoms with Crippen molar-refractivity contribution in [1.29, 1.82) is 0 Å². The van der Waals surface area contributed by atoms with E-state index in [1.807, 2.05) is 54.6 Å². The molecule has 0 aromatic rings. The van der Waals surface area contributed by atoms with Crippen molar-refractivity contribution >= 4 is 32.7 Å². The fourth-order valence-corrected chi connectivity index (χ4v) is 3.03. The molecule has 0 aromatic carbocycles. The van der Waals surface area contributed by atoms with E-state index < -0.39 is 62.5 Å². The molecule has 0 saturated carbocycles. The van der Waals surface area contributed by atoms with Crippen molar-refractivity contribution in [1.82, 2.24) is 0 Å². The maximum atomic E-state index is 14.8. The summed E-state index contributed by atoms with van der Waals surface area (Å²) >= 11 is 0. The Morgan fingerprint density at radius 2 is 1.34 bits per heavy atom.